The Morgan fingerprint density at radius 3 is 2.70 bits per heavy atom. The molecule has 0 unspecified atom stereocenters. The predicted octanol–water partition coefficient (Wildman–Crippen LogP) is 3.49. The lowest BCUT2D eigenvalue weighted by Crippen LogP contribution is -2.07. The molecular weight excluding hydrogens is 257 g/mol. The van der Waals surface area contributed by atoms with Crippen LogP contribution in [-0.2, 0) is 4.79 Å². The van der Waals surface area contributed by atoms with Crippen LogP contribution in [0.1, 0.15) is 11.1 Å². The summed E-state index contributed by atoms with van der Waals surface area (Å²) in [5, 5.41) is 12.2. The molecule has 0 aliphatic carbocycles. The summed E-state index contributed by atoms with van der Waals surface area (Å²) in [7, 11) is 0. The van der Waals surface area contributed by atoms with Crippen molar-refractivity contribution in [3.8, 4) is 5.75 Å². The van der Waals surface area contributed by atoms with Crippen molar-refractivity contribution in [2.24, 2.45) is 0 Å². The van der Waals surface area contributed by atoms with Crippen LogP contribution in [0.5, 0.6) is 5.75 Å². The lowest BCUT2D eigenvalue weighted by Gasteiger charge is -2.05. The third-order valence-electron chi connectivity index (χ3n) is 2.73. The van der Waals surface area contributed by atoms with E-state index in [0.717, 1.165) is 5.56 Å². The summed E-state index contributed by atoms with van der Waals surface area (Å²) in [4.78, 5) is 11.7. The largest absolute Gasteiger partial charge is 0.506 e. The first-order valence-electron chi connectivity index (χ1n) is 6.09. The van der Waals surface area contributed by atoms with Crippen molar-refractivity contribution in [2.45, 2.75) is 6.92 Å². The van der Waals surface area contributed by atoms with Crippen LogP contribution in [0.4, 0.5) is 10.1 Å². The highest BCUT2D eigenvalue weighted by Gasteiger charge is 2.04. The Morgan fingerprint density at radius 1 is 1.25 bits per heavy atom. The summed E-state index contributed by atoms with van der Waals surface area (Å²) >= 11 is 0. The van der Waals surface area contributed by atoms with E-state index in [1.807, 2.05) is 6.92 Å². The van der Waals surface area contributed by atoms with Crippen molar-refractivity contribution < 1.29 is 14.3 Å². The number of phenolic OH excluding ortho intramolecular Hbond substituents is 1. The molecule has 102 valence electrons. The summed E-state index contributed by atoms with van der Waals surface area (Å²) in [6.45, 7) is 1.84. The Morgan fingerprint density at radius 2 is 2.00 bits per heavy atom. The van der Waals surface area contributed by atoms with E-state index in [4.69, 9.17) is 0 Å². The summed E-state index contributed by atoms with van der Waals surface area (Å²) in [6, 6.07) is 11.1. The first-order valence-corrected chi connectivity index (χ1v) is 6.09. The van der Waals surface area contributed by atoms with E-state index < -0.39 is 11.7 Å². The van der Waals surface area contributed by atoms with Crippen LogP contribution in [-0.4, -0.2) is 11.0 Å². The number of carbonyl (C=O) groups excluding carboxylic acids is 1. The second kappa shape index (κ2) is 6.02. The second-order valence-electron chi connectivity index (χ2n) is 4.36. The fourth-order valence-electron chi connectivity index (χ4n) is 1.70. The van der Waals surface area contributed by atoms with Gasteiger partial charge in [-0.2, -0.15) is 0 Å². The van der Waals surface area contributed by atoms with Crippen molar-refractivity contribution in [2.75, 3.05) is 5.32 Å². The molecule has 1 amide bonds. The quantitative estimate of drug-likeness (QED) is 0.663. The van der Waals surface area contributed by atoms with Crippen LogP contribution in [0, 0.1) is 12.7 Å². The summed E-state index contributed by atoms with van der Waals surface area (Å²) in [6.07, 6.45) is 2.60. The minimum atomic E-state index is -0.438. The highest BCUT2D eigenvalue weighted by Crippen LogP contribution is 2.23. The number of phenols is 1. The van der Waals surface area contributed by atoms with Crippen LogP contribution in [0.2, 0.25) is 0 Å². The Hall–Kier alpha value is -2.62. The molecule has 2 aromatic carbocycles. The molecule has 0 radical (unpaired) electrons. The van der Waals surface area contributed by atoms with Gasteiger partial charge in [-0.25, -0.2) is 4.39 Å². The maximum Gasteiger partial charge on any atom is 0.248 e. The van der Waals surface area contributed by atoms with Crippen LogP contribution in [0.25, 0.3) is 6.08 Å². The first kappa shape index (κ1) is 13.8. The third kappa shape index (κ3) is 3.45. The minimum absolute atomic E-state index is 0.00218. The lowest BCUT2D eigenvalue weighted by molar-refractivity contribution is -0.111. The standard InChI is InChI=1S/C16H14FNO2/c1-11-6-8-14(15(19)10-11)18-16(20)9-7-12-4-2-3-5-13(12)17/h2-10,19H,1H3,(H,18,20)/b9-7+. The van der Waals surface area contributed by atoms with Crippen molar-refractivity contribution in [1.82, 2.24) is 0 Å². The molecule has 0 saturated carbocycles. The van der Waals surface area contributed by atoms with E-state index in [0.29, 0.717) is 11.3 Å². The fourth-order valence-corrected chi connectivity index (χ4v) is 1.70. The highest BCUT2D eigenvalue weighted by atomic mass is 19.1. The van der Waals surface area contributed by atoms with Gasteiger partial charge in [-0.05, 0) is 36.8 Å². The van der Waals surface area contributed by atoms with Crippen LogP contribution >= 0.6 is 0 Å². The van der Waals surface area contributed by atoms with Crippen LogP contribution < -0.4 is 5.32 Å². The molecule has 0 atom stereocenters. The van der Waals surface area contributed by atoms with Crippen molar-refractivity contribution in [1.29, 1.82) is 0 Å². The number of nitrogens with one attached hydrogen (secondary N) is 1. The second-order valence-corrected chi connectivity index (χ2v) is 4.36. The topological polar surface area (TPSA) is 49.3 Å². The Labute approximate surface area is 116 Å². The third-order valence-corrected chi connectivity index (χ3v) is 2.73. The zero-order chi connectivity index (χ0) is 14.5. The van der Waals surface area contributed by atoms with Gasteiger partial charge in [0.1, 0.15) is 11.6 Å². The zero-order valence-electron chi connectivity index (χ0n) is 10.9. The van der Waals surface area contributed by atoms with Crippen molar-refractivity contribution >= 4 is 17.7 Å². The predicted molar refractivity (Wildman–Crippen MR) is 76.9 cm³/mol. The Kier molecular flexibility index (Phi) is 4.15. The number of aryl methyl sites for hydroxylation is 1. The van der Waals surface area contributed by atoms with E-state index >= 15 is 0 Å². The molecule has 0 heterocycles. The van der Waals surface area contributed by atoms with Crippen molar-refractivity contribution in [3.63, 3.8) is 0 Å². The lowest BCUT2D eigenvalue weighted by atomic mass is 10.2. The average Bonchev–Trinajstić information content (AvgIpc) is 2.41. The van der Waals surface area contributed by atoms with Crippen LogP contribution in [0.15, 0.2) is 48.5 Å². The monoisotopic (exact) mass is 271 g/mol. The van der Waals surface area contributed by atoms with Gasteiger partial charge in [0.2, 0.25) is 5.91 Å². The first-order chi connectivity index (χ1) is 9.56. The number of rotatable bonds is 3. The van der Waals surface area contributed by atoms with E-state index in [2.05, 4.69) is 5.32 Å². The van der Waals surface area contributed by atoms with Crippen molar-refractivity contribution in [3.05, 3.63) is 65.5 Å². The molecular formula is C16H14FNO2. The number of hydrogen-bond donors (Lipinski definition) is 2. The summed E-state index contributed by atoms with van der Waals surface area (Å²) < 4.78 is 13.4. The number of aromatic hydroxyl groups is 1. The maximum absolute atomic E-state index is 13.4. The number of anilines is 1. The molecule has 0 spiro atoms. The number of halogens is 1. The molecule has 0 bridgehead atoms. The van der Waals surface area contributed by atoms with Gasteiger partial charge >= 0.3 is 0 Å². The smallest absolute Gasteiger partial charge is 0.248 e. The van der Waals surface area contributed by atoms with E-state index in [1.165, 1.54) is 18.2 Å². The molecule has 2 N–H and O–H groups in total. The van der Waals surface area contributed by atoms with Crippen LogP contribution in [0.3, 0.4) is 0 Å². The summed E-state index contributed by atoms with van der Waals surface area (Å²) in [5.74, 6) is -0.834. The van der Waals surface area contributed by atoms with E-state index in [1.54, 1.807) is 36.4 Å². The van der Waals surface area contributed by atoms with Gasteiger partial charge in [0.15, 0.2) is 0 Å². The summed E-state index contributed by atoms with van der Waals surface area (Å²) in [5.41, 5.74) is 1.54. The number of hydrogen-bond acceptors (Lipinski definition) is 2. The molecule has 0 aliphatic rings. The SMILES string of the molecule is Cc1ccc(NC(=O)/C=C/c2ccccc2F)c(O)c1. The van der Waals surface area contributed by atoms with Gasteiger partial charge in [-0.15, -0.1) is 0 Å². The molecule has 0 fully saturated rings. The molecule has 3 nitrogen and oxygen atoms in total. The average molecular weight is 271 g/mol. The fraction of sp³-hybridized carbons (Fsp3) is 0.0625. The van der Waals surface area contributed by atoms with E-state index in [-0.39, 0.29) is 5.75 Å². The number of amides is 1. The normalized spacial score (nSPS) is 10.7. The minimum Gasteiger partial charge on any atom is -0.506 e. The number of benzene rings is 2. The molecule has 0 saturated heterocycles. The molecule has 4 heteroatoms. The molecule has 20 heavy (non-hydrogen) atoms. The number of carbonyl (C=O) groups is 1. The van der Waals surface area contributed by atoms with Gasteiger partial charge in [-0.1, -0.05) is 24.3 Å². The van der Waals surface area contributed by atoms with Gasteiger partial charge in [0.05, 0.1) is 5.69 Å². The molecule has 2 aromatic rings. The molecule has 2 rings (SSSR count). The Bertz CT molecular complexity index is 665. The highest BCUT2D eigenvalue weighted by molar-refractivity contribution is 6.02. The molecule has 0 aliphatic heterocycles. The zero-order valence-corrected chi connectivity index (χ0v) is 10.9. The van der Waals surface area contributed by atoms with Gasteiger partial charge in [0, 0.05) is 11.6 Å². The maximum atomic E-state index is 13.4. The van der Waals surface area contributed by atoms with Gasteiger partial charge in [-0.3, -0.25) is 4.79 Å². The van der Waals surface area contributed by atoms with Gasteiger partial charge < -0.3 is 10.4 Å². The van der Waals surface area contributed by atoms with E-state index in [9.17, 15) is 14.3 Å². The van der Waals surface area contributed by atoms with Gasteiger partial charge in [0.25, 0.3) is 0 Å². The Balaban J connectivity index is 2.08. The molecule has 0 aromatic heterocycles.